The molecule has 3 fully saturated rings. The molecule has 1 amide bonds. The Hall–Kier alpha value is -3.98. The molecule has 5 heterocycles. The molecular formula is C36H45N7O2. The van der Waals surface area contributed by atoms with Gasteiger partial charge in [-0.1, -0.05) is 42.5 Å². The Morgan fingerprint density at radius 3 is 2.27 bits per heavy atom. The van der Waals surface area contributed by atoms with Gasteiger partial charge in [-0.3, -0.25) is 9.69 Å². The second kappa shape index (κ2) is 11.7. The number of fused-ring (bicyclic) bond motifs is 3. The normalized spacial score (nSPS) is 23.0. The lowest BCUT2D eigenvalue weighted by Crippen LogP contribution is -2.49. The lowest BCUT2D eigenvalue weighted by Gasteiger charge is -2.45. The van der Waals surface area contributed by atoms with Crippen molar-refractivity contribution in [2.75, 3.05) is 38.6 Å². The maximum atomic E-state index is 13.7. The Morgan fingerprint density at radius 2 is 1.58 bits per heavy atom. The van der Waals surface area contributed by atoms with E-state index < -0.39 is 0 Å². The van der Waals surface area contributed by atoms with Crippen LogP contribution in [0, 0.1) is 13.8 Å². The van der Waals surface area contributed by atoms with Gasteiger partial charge in [0.25, 0.3) is 5.91 Å². The molecule has 236 valence electrons. The number of anilines is 1. The third-order valence-electron chi connectivity index (χ3n) is 11.0. The number of amides is 1. The van der Waals surface area contributed by atoms with Crippen LogP contribution in [0.15, 0.2) is 54.6 Å². The van der Waals surface area contributed by atoms with Crippen LogP contribution < -0.4 is 4.90 Å². The molecule has 2 bridgehead atoms. The van der Waals surface area contributed by atoms with E-state index >= 15 is 0 Å². The Bertz CT molecular complexity index is 1680. The zero-order chi connectivity index (χ0) is 31.3. The van der Waals surface area contributed by atoms with Gasteiger partial charge < -0.3 is 19.5 Å². The fourth-order valence-corrected chi connectivity index (χ4v) is 8.45. The molecule has 0 saturated carbocycles. The van der Waals surface area contributed by atoms with E-state index in [-0.39, 0.29) is 17.2 Å². The fourth-order valence-electron chi connectivity index (χ4n) is 8.45. The molecule has 1 N–H and O–H groups in total. The number of aromatic hydroxyl groups is 1. The highest BCUT2D eigenvalue weighted by atomic mass is 16.3. The van der Waals surface area contributed by atoms with E-state index in [4.69, 9.17) is 4.98 Å². The number of nitrogens with zero attached hydrogens (tertiary/aromatic N) is 7. The first-order valence-electron chi connectivity index (χ1n) is 16.5. The minimum absolute atomic E-state index is 0.0170. The molecule has 3 saturated heterocycles. The van der Waals surface area contributed by atoms with Gasteiger partial charge in [0.1, 0.15) is 11.5 Å². The number of likely N-dealkylation sites (tertiary alicyclic amines) is 1. The van der Waals surface area contributed by atoms with E-state index in [1.54, 1.807) is 11.8 Å². The van der Waals surface area contributed by atoms with Gasteiger partial charge in [0.2, 0.25) is 11.8 Å². The minimum Gasteiger partial charge on any atom is -0.493 e. The summed E-state index contributed by atoms with van der Waals surface area (Å²) in [5.41, 5.74) is 4.49. The molecule has 0 radical (unpaired) electrons. The number of carbonyl (C=O) groups is 1. The topological polar surface area (TPSA) is 90.6 Å². The summed E-state index contributed by atoms with van der Waals surface area (Å²) in [4.78, 5) is 33.7. The lowest BCUT2D eigenvalue weighted by molar-refractivity contribution is 0.0600. The zero-order valence-electron chi connectivity index (χ0n) is 27.0. The molecule has 9 nitrogen and oxygen atoms in total. The van der Waals surface area contributed by atoms with Crippen LogP contribution in [0.4, 0.5) is 5.95 Å². The van der Waals surface area contributed by atoms with Crippen LogP contribution in [-0.4, -0.2) is 86.1 Å². The monoisotopic (exact) mass is 607 g/mol. The number of carbonyl (C=O) groups excluding carboxylic acids is 1. The van der Waals surface area contributed by atoms with Gasteiger partial charge in [0.15, 0.2) is 0 Å². The molecule has 0 aliphatic carbocycles. The maximum Gasteiger partial charge on any atom is 0.273 e. The van der Waals surface area contributed by atoms with Gasteiger partial charge in [-0.15, -0.1) is 0 Å². The summed E-state index contributed by atoms with van der Waals surface area (Å²) in [6.45, 7) is 6.28. The summed E-state index contributed by atoms with van der Waals surface area (Å²) in [6, 6.07) is 21.2. The van der Waals surface area contributed by atoms with E-state index in [1.165, 1.54) is 36.8 Å². The first-order valence-corrected chi connectivity index (χ1v) is 16.5. The van der Waals surface area contributed by atoms with Crippen molar-refractivity contribution >= 4 is 22.9 Å². The smallest absolute Gasteiger partial charge is 0.273 e. The van der Waals surface area contributed by atoms with Crippen molar-refractivity contribution in [2.24, 2.45) is 0 Å². The van der Waals surface area contributed by atoms with Crippen LogP contribution in [0.25, 0.3) is 11.0 Å². The van der Waals surface area contributed by atoms with Crippen molar-refractivity contribution in [2.45, 2.75) is 82.3 Å². The highest BCUT2D eigenvalue weighted by Crippen LogP contribution is 2.45. The van der Waals surface area contributed by atoms with Crippen molar-refractivity contribution < 1.29 is 9.90 Å². The van der Waals surface area contributed by atoms with Crippen molar-refractivity contribution in [1.82, 2.24) is 29.3 Å². The van der Waals surface area contributed by atoms with Crippen LogP contribution >= 0.6 is 0 Å². The van der Waals surface area contributed by atoms with Crippen molar-refractivity contribution in [3.8, 4) is 5.88 Å². The van der Waals surface area contributed by atoms with Gasteiger partial charge in [0, 0.05) is 50.9 Å². The number of piperidine rings is 2. The molecule has 3 aliphatic heterocycles. The molecule has 3 atom stereocenters. The standard InChI is InChI=1S/C36H45N7O2/c1-24-32(38-35(40(3)4)39-33(24)44)34(45)41-19-16-36(17-20-41,26-10-6-5-7-11-26)18-21-42-27-14-15-28(42)23-29(22-27)43-25(2)37-30-12-8-9-13-31(30)43/h5-13,27-29H,14-23H2,1-4H3,(H,38,39,44)/t27-,28+,29?. The fraction of sp³-hybridized carbons (Fsp3) is 0.500. The summed E-state index contributed by atoms with van der Waals surface area (Å²) >= 11 is 0. The van der Waals surface area contributed by atoms with Gasteiger partial charge >= 0.3 is 0 Å². The number of para-hydroxylation sites is 2. The van der Waals surface area contributed by atoms with Crippen molar-refractivity contribution in [1.29, 1.82) is 0 Å². The molecule has 7 rings (SSSR count). The Kier molecular flexibility index (Phi) is 7.76. The first kappa shape index (κ1) is 29.7. The van der Waals surface area contributed by atoms with Crippen molar-refractivity contribution in [3.05, 3.63) is 77.2 Å². The van der Waals surface area contributed by atoms with Crippen LogP contribution in [0.1, 0.15) is 78.4 Å². The summed E-state index contributed by atoms with van der Waals surface area (Å²) in [7, 11) is 3.62. The van der Waals surface area contributed by atoms with E-state index in [2.05, 4.69) is 81.0 Å². The number of aromatic nitrogens is 4. The number of aryl methyl sites for hydroxylation is 1. The third-order valence-corrected chi connectivity index (χ3v) is 11.0. The maximum absolute atomic E-state index is 13.7. The average Bonchev–Trinajstić information content (AvgIpc) is 3.51. The quantitative estimate of drug-likeness (QED) is 0.291. The largest absolute Gasteiger partial charge is 0.493 e. The molecule has 0 spiro atoms. The van der Waals surface area contributed by atoms with Crippen LogP contribution in [0.2, 0.25) is 0 Å². The summed E-state index contributed by atoms with van der Waals surface area (Å²) in [5, 5.41) is 10.4. The van der Waals surface area contributed by atoms with Gasteiger partial charge in [0.05, 0.1) is 11.0 Å². The third kappa shape index (κ3) is 5.35. The predicted molar refractivity (Wildman–Crippen MR) is 177 cm³/mol. The molecule has 2 aromatic heterocycles. The second-order valence-electron chi connectivity index (χ2n) is 13.7. The van der Waals surface area contributed by atoms with Gasteiger partial charge in [-0.05, 0) is 88.4 Å². The van der Waals surface area contributed by atoms with Crippen LogP contribution in [0.3, 0.4) is 0 Å². The average molecular weight is 608 g/mol. The molecular weight excluding hydrogens is 562 g/mol. The molecule has 3 aliphatic rings. The van der Waals surface area contributed by atoms with E-state index in [0.717, 1.165) is 37.1 Å². The molecule has 45 heavy (non-hydrogen) atoms. The van der Waals surface area contributed by atoms with E-state index in [0.29, 0.717) is 48.4 Å². The SMILES string of the molecule is Cc1c(O)nc(N(C)C)nc1C(=O)N1CCC(CCN2[C@@H]3CC[C@H]2CC(n2c(C)nc4ccccc42)C3)(c2ccccc2)CC1. The number of hydrogen-bond donors (Lipinski definition) is 1. The highest BCUT2D eigenvalue weighted by Gasteiger charge is 2.44. The number of hydrogen-bond acceptors (Lipinski definition) is 7. The Morgan fingerprint density at radius 1 is 0.911 bits per heavy atom. The first-order chi connectivity index (χ1) is 21.7. The van der Waals surface area contributed by atoms with Crippen LogP contribution in [-0.2, 0) is 5.41 Å². The van der Waals surface area contributed by atoms with Gasteiger partial charge in [-0.25, -0.2) is 9.97 Å². The van der Waals surface area contributed by atoms with Crippen LogP contribution in [0.5, 0.6) is 5.88 Å². The Labute approximate surface area is 265 Å². The van der Waals surface area contributed by atoms with E-state index in [1.807, 2.05) is 19.0 Å². The molecule has 4 aromatic rings. The number of benzene rings is 2. The molecule has 2 aromatic carbocycles. The summed E-state index contributed by atoms with van der Waals surface area (Å²) in [6.07, 6.45) is 7.80. The minimum atomic E-state index is -0.137. The molecule has 1 unspecified atom stereocenters. The zero-order valence-corrected chi connectivity index (χ0v) is 27.0. The number of rotatable bonds is 7. The summed E-state index contributed by atoms with van der Waals surface area (Å²) in [5.74, 6) is 1.20. The van der Waals surface area contributed by atoms with Crippen molar-refractivity contribution in [3.63, 3.8) is 0 Å². The van der Waals surface area contributed by atoms with E-state index in [9.17, 15) is 9.90 Å². The highest BCUT2D eigenvalue weighted by molar-refractivity contribution is 5.94. The summed E-state index contributed by atoms with van der Waals surface area (Å²) < 4.78 is 2.51. The number of imidazole rings is 1. The van der Waals surface area contributed by atoms with Gasteiger partial charge in [-0.2, -0.15) is 4.98 Å². The lowest BCUT2D eigenvalue weighted by atomic mass is 9.70. The second-order valence-corrected chi connectivity index (χ2v) is 13.7. The molecule has 9 heteroatoms. The predicted octanol–water partition coefficient (Wildman–Crippen LogP) is 5.65. The Balaban J connectivity index is 1.07.